The summed E-state index contributed by atoms with van der Waals surface area (Å²) in [4.78, 5) is 11.9. The van der Waals surface area contributed by atoms with E-state index < -0.39 is 5.91 Å². The Bertz CT molecular complexity index is 1020. The monoisotopic (exact) mass is 465 g/mol. The fourth-order valence-electron chi connectivity index (χ4n) is 2.76. The molecule has 3 aromatic rings. The molecule has 9 nitrogen and oxygen atoms in total. The molecule has 2 aromatic carbocycles. The summed E-state index contributed by atoms with van der Waals surface area (Å²) in [6, 6.07) is 10.9. The molecule has 0 bridgehead atoms. The lowest BCUT2D eigenvalue weighted by Gasteiger charge is -2.16. The Hall–Kier alpha value is -3.01. The first kappa shape index (κ1) is 22.7. The number of anilines is 1. The predicted octanol–water partition coefficient (Wildman–Crippen LogP) is 3.07. The van der Waals surface area contributed by atoms with Gasteiger partial charge in [-0.3, -0.25) is 4.79 Å². The fraction of sp³-hybridized carbons (Fsp3) is 0.250. The Labute approximate surface area is 188 Å². The second kappa shape index (κ2) is 10.9. The molecule has 0 aliphatic carbocycles. The Balaban J connectivity index is 1.57. The molecule has 1 aromatic heterocycles. The molecule has 0 aliphatic rings. The number of carbonyl (C=O) groups excluding carboxylic acids is 1. The summed E-state index contributed by atoms with van der Waals surface area (Å²) in [5.74, 6) is 0.661. The van der Waals surface area contributed by atoms with Crippen molar-refractivity contribution in [3.63, 3.8) is 0 Å². The molecule has 0 saturated carbocycles. The Morgan fingerprint density at radius 1 is 1.13 bits per heavy atom. The minimum absolute atomic E-state index is 0.0401. The number of para-hydroxylation sites is 1. The number of hydrogen-bond donors (Lipinski definition) is 3. The number of nitrogen functional groups attached to an aromatic ring is 1. The van der Waals surface area contributed by atoms with E-state index >= 15 is 0 Å². The van der Waals surface area contributed by atoms with Crippen LogP contribution >= 0.6 is 23.2 Å². The van der Waals surface area contributed by atoms with Crippen LogP contribution < -0.4 is 25.8 Å². The highest BCUT2D eigenvalue weighted by molar-refractivity contribution is 6.35. The number of aromatic nitrogens is 2. The van der Waals surface area contributed by atoms with E-state index in [4.69, 9.17) is 38.4 Å². The molecule has 3 rings (SSSR count). The number of nitrogens with one attached hydrogen (secondary N) is 2. The average Bonchev–Trinajstić information content (AvgIpc) is 3.19. The predicted molar refractivity (Wildman–Crippen MR) is 117 cm³/mol. The molecular formula is C20H21Cl2N5O4. The van der Waals surface area contributed by atoms with Crippen LogP contribution in [0.5, 0.6) is 11.5 Å². The standard InChI is InChI=1S/C20H21Cl2N5O4/c1-29-16-7-2-4-12(18(16)30-11-13-14(21)5-3-6-15(13)22)10-24-8-9-25-20(28)17-19(23)27-31-26-17/h2-7,24H,8-11H2,1H3,(H2,23,27)(H,25,28). The first-order chi connectivity index (χ1) is 15.0. The Kier molecular flexibility index (Phi) is 7.94. The number of ether oxygens (including phenoxy) is 2. The molecule has 1 heterocycles. The van der Waals surface area contributed by atoms with Gasteiger partial charge in [0.25, 0.3) is 5.91 Å². The van der Waals surface area contributed by atoms with Gasteiger partial charge in [-0.25, -0.2) is 4.63 Å². The Morgan fingerprint density at radius 3 is 2.55 bits per heavy atom. The van der Waals surface area contributed by atoms with E-state index in [0.29, 0.717) is 46.7 Å². The van der Waals surface area contributed by atoms with Gasteiger partial charge in [-0.2, -0.15) is 0 Å². The van der Waals surface area contributed by atoms with Crippen LogP contribution in [-0.4, -0.2) is 36.4 Å². The summed E-state index contributed by atoms with van der Waals surface area (Å²) in [5, 5.41) is 13.8. The molecule has 0 atom stereocenters. The van der Waals surface area contributed by atoms with Crippen LogP contribution in [0.2, 0.25) is 10.0 Å². The molecular weight excluding hydrogens is 445 g/mol. The number of nitrogens with two attached hydrogens (primary N) is 1. The molecule has 0 radical (unpaired) electrons. The van der Waals surface area contributed by atoms with Crippen molar-refractivity contribution in [1.82, 2.24) is 20.9 Å². The molecule has 0 unspecified atom stereocenters. The third-order valence-corrected chi connectivity index (χ3v) is 5.04. The van der Waals surface area contributed by atoms with E-state index in [2.05, 4.69) is 25.6 Å². The molecule has 11 heteroatoms. The quantitative estimate of drug-likeness (QED) is 0.390. The minimum Gasteiger partial charge on any atom is -0.493 e. The lowest BCUT2D eigenvalue weighted by molar-refractivity contribution is 0.0944. The van der Waals surface area contributed by atoms with Crippen molar-refractivity contribution in [3.05, 3.63) is 63.3 Å². The topological polar surface area (TPSA) is 125 Å². The van der Waals surface area contributed by atoms with Crippen molar-refractivity contribution in [3.8, 4) is 11.5 Å². The van der Waals surface area contributed by atoms with E-state index in [-0.39, 0.29) is 18.1 Å². The smallest absolute Gasteiger partial charge is 0.277 e. The highest BCUT2D eigenvalue weighted by atomic mass is 35.5. The lowest BCUT2D eigenvalue weighted by atomic mass is 10.1. The van der Waals surface area contributed by atoms with Crippen LogP contribution in [0.4, 0.5) is 5.82 Å². The van der Waals surface area contributed by atoms with Crippen LogP contribution in [0, 0.1) is 0 Å². The van der Waals surface area contributed by atoms with Gasteiger partial charge in [0.2, 0.25) is 11.5 Å². The largest absolute Gasteiger partial charge is 0.493 e. The van der Waals surface area contributed by atoms with Gasteiger partial charge in [0.15, 0.2) is 11.5 Å². The van der Waals surface area contributed by atoms with Gasteiger partial charge in [0, 0.05) is 40.8 Å². The second-order valence-electron chi connectivity index (χ2n) is 6.37. The van der Waals surface area contributed by atoms with E-state index in [0.717, 1.165) is 5.56 Å². The number of halogens is 2. The summed E-state index contributed by atoms with van der Waals surface area (Å²) >= 11 is 12.5. The lowest BCUT2D eigenvalue weighted by Crippen LogP contribution is -2.32. The maximum atomic E-state index is 11.9. The van der Waals surface area contributed by atoms with Gasteiger partial charge in [-0.15, -0.1) is 0 Å². The highest BCUT2D eigenvalue weighted by Crippen LogP contribution is 2.33. The molecule has 1 amide bonds. The molecule has 0 aliphatic heterocycles. The van der Waals surface area contributed by atoms with Crippen LogP contribution in [-0.2, 0) is 13.2 Å². The summed E-state index contributed by atoms with van der Waals surface area (Å²) in [7, 11) is 1.57. The molecule has 0 spiro atoms. The van der Waals surface area contributed by atoms with Gasteiger partial charge < -0.3 is 25.8 Å². The normalized spacial score (nSPS) is 10.7. The third kappa shape index (κ3) is 5.78. The zero-order valence-electron chi connectivity index (χ0n) is 16.7. The number of benzene rings is 2. The number of rotatable bonds is 10. The maximum Gasteiger partial charge on any atom is 0.277 e. The summed E-state index contributed by atoms with van der Waals surface area (Å²) < 4.78 is 15.9. The first-order valence-corrected chi connectivity index (χ1v) is 10.1. The molecule has 31 heavy (non-hydrogen) atoms. The van der Waals surface area contributed by atoms with Gasteiger partial charge in [-0.05, 0) is 28.5 Å². The molecule has 0 saturated heterocycles. The van der Waals surface area contributed by atoms with Gasteiger partial charge in [0.1, 0.15) is 6.61 Å². The summed E-state index contributed by atoms with van der Waals surface area (Å²) in [5.41, 5.74) is 7.02. The number of nitrogens with zero attached hydrogens (tertiary/aromatic N) is 2. The molecule has 4 N–H and O–H groups in total. The fourth-order valence-corrected chi connectivity index (χ4v) is 3.27. The van der Waals surface area contributed by atoms with Gasteiger partial charge >= 0.3 is 0 Å². The van der Waals surface area contributed by atoms with Crippen molar-refractivity contribution in [2.75, 3.05) is 25.9 Å². The van der Waals surface area contributed by atoms with Crippen molar-refractivity contribution < 1.29 is 18.9 Å². The zero-order valence-corrected chi connectivity index (χ0v) is 18.2. The molecule has 0 fully saturated rings. The summed E-state index contributed by atoms with van der Waals surface area (Å²) in [6.07, 6.45) is 0. The third-order valence-electron chi connectivity index (χ3n) is 4.33. The van der Waals surface area contributed by atoms with Gasteiger partial charge in [0.05, 0.1) is 7.11 Å². The van der Waals surface area contributed by atoms with Crippen LogP contribution in [0.1, 0.15) is 21.6 Å². The maximum absolute atomic E-state index is 11.9. The number of methoxy groups -OCH3 is 1. The SMILES string of the molecule is COc1cccc(CNCCNC(=O)c2nonc2N)c1OCc1c(Cl)cccc1Cl. The van der Waals surface area contributed by atoms with E-state index in [1.54, 1.807) is 25.3 Å². The second-order valence-corrected chi connectivity index (χ2v) is 7.18. The highest BCUT2D eigenvalue weighted by Gasteiger charge is 2.16. The zero-order chi connectivity index (χ0) is 22.2. The van der Waals surface area contributed by atoms with Crippen molar-refractivity contribution in [2.24, 2.45) is 0 Å². The van der Waals surface area contributed by atoms with Crippen LogP contribution in [0.25, 0.3) is 0 Å². The Morgan fingerprint density at radius 2 is 1.87 bits per heavy atom. The van der Waals surface area contributed by atoms with E-state index in [1.165, 1.54) is 0 Å². The van der Waals surface area contributed by atoms with Crippen LogP contribution in [0.15, 0.2) is 41.0 Å². The van der Waals surface area contributed by atoms with Crippen molar-refractivity contribution >= 4 is 34.9 Å². The number of amides is 1. The van der Waals surface area contributed by atoms with Crippen LogP contribution in [0.3, 0.4) is 0 Å². The van der Waals surface area contributed by atoms with Crippen molar-refractivity contribution in [2.45, 2.75) is 13.2 Å². The number of carbonyl (C=O) groups is 1. The molecule has 164 valence electrons. The minimum atomic E-state index is -0.456. The first-order valence-electron chi connectivity index (χ1n) is 9.29. The van der Waals surface area contributed by atoms with Gasteiger partial charge in [-0.1, -0.05) is 41.4 Å². The summed E-state index contributed by atoms with van der Waals surface area (Å²) in [6.45, 7) is 1.51. The van der Waals surface area contributed by atoms with E-state index in [9.17, 15) is 4.79 Å². The van der Waals surface area contributed by atoms with E-state index in [1.807, 2.05) is 18.2 Å². The average molecular weight is 466 g/mol. The number of hydrogen-bond acceptors (Lipinski definition) is 8. The van der Waals surface area contributed by atoms with Crippen molar-refractivity contribution in [1.29, 1.82) is 0 Å².